The van der Waals surface area contributed by atoms with Gasteiger partial charge in [0.25, 0.3) is 5.56 Å². The molecule has 0 bridgehead atoms. The minimum absolute atomic E-state index is 0.207. The Kier molecular flexibility index (Phi) is 5.90. The topological polar surface area (TPSA) is 103 Å². The van der Waals surface area contributed by atoms with E-state index in [0.717, 1.165) is 11.1 Å². The van der Waals surface area contributed by atoms with E-state index in [1.165, 1.54) is 4.68 Å². The zero-order chi connectivity index (χ0) is 22.6. The zero-order valence-electron chi connectivity index (χ0n) is 18.3. The van der Waals surface area contributed by atoms with E-state index >= 15 is 0 Å². The molecular weight excluding hydrogens is 422 g/mol. The second kappa shape index (κ2) is 9.29. The van der Waals surface area contributed by atoms with Crippen molar-refractivity contribution in [1.29, 1.82) is 0 Å². The lowest BCUT2D eigenvalue weighted by atomic mass is 10.2. The lowest BCUT2D eigenvalue weighted by Crippen LogP contribution is -2.37. The summed E-state index contributed by atoms with van der Waals surface area (Å²) in [4.78, 5) is 24.0. The van der Waals surface area contributed by atoms with Crippen molar-refractivity contribution in [2.45, 2.75) is 6.42 Å². The summed E-state index contributed by atoms with van der Waals surface area (Å²) in [6, 6.07) is 13.3. The van der Waals surface area contributed by atoms with Crippen LogP contribution in [0.25, 0.3) is 17.1 Å². The first-order valence-electron chi connectivity index (χ1n) is 10.9. The van der Waals surface area contributed by atoms with Gasteiger partial charge in [0.2, 0.25) is 0 Å². The number of hydrogen-bond acceptors (Lipinski definition) is 7. The number of aromatic nitrogens is 6. The summed E-state index contributed by atoms with van der Waals surface area (Å²) in [7, 11) is 1.88. The fourth-order valence-corrected chi connectivity index (χ4v) is 3.73. The Labute approximate surface area is 190 Å². The van der Waals surface area contributed by atoms with Crippen LogP contribution in [0.3, 0.4) is 0 Å². The van der Waals surface area contributed by atoms with Gasteiger partial charge in [0.15, 0.2) is 5.82 Å². The quantitative estimate of drug-likeness (QED) is 0.461. The second-order valence-electron chi connectivity index (χ2n) is 7.80. The second-order valence-corrected chi connectivity index (χ2v) is 7.80. The highest BCUT2D eigenvalue weighted by atomic mass is 16.5. The molecule has 1 aliphatic rings. The number of rotatable bonds is 7. The molecule has 0 aliphatic carbocycles. The summed E-state index contributed by atoms with van der Waals surface area (Å²) in [5, 5.41) is 7.34. The highest BCUT2D eigenvalue weighted by Gasteiger charge is 2.18. The van der Waals surface area contributed by atoms with Crippen LogP contribution in [0.4, 0.5) is 5.82 Å². The molecule has 5 rings (SSSR count). The van der Waals surface area contributed by atoms with Crippen molar-refractivity contribution in [3.63, 3.8) is 0 Å². The fraction of sp³-hybridized carbons (Fsp3) is 0.304. The number of aryl methyl sites for hydroxylation is 1. The van der Waals surface area contributed by atoms with Crippen molar-refractivity contribution >= 4 is 5.82 Å². The number of hydrogen-bond donors (Lipinski definition) is 1. The number of aromatic amines is 1. The van der Waals surface area contributed by atoms with Crippen LogP contribution in [0.2, 0.25) is 0 Å². The van der Waals surface area contributed by atoms with Gasteiger partial charge >= 0.3 is 6.01 Å². The molecule has 1 aliphatic heterocycles. The Morgan fingerprint density at radius 2 is 1.88 bits per heavy atom. The van der Waals surface area contributed by atoms with Crippen LogP contribution in [-0.4, -0.2) is 62.4 Å². The molecular formula is C23H25N7O3. The maximum Gasteiger partial charge on any atom is 0.320 e. The molecule has 10 heteroatoms. The number of nitrogens with one attached hydrogen (secondary N) is 1. The molecule has 4 heterocycles. The van der Waals surface area contributed by atoms with Crippen molar-refractivity contribution in [1.82, 2.24) is 29.5 Å². The molecule has 170 valence electrons. The van der Waals surface area contributed by atoms with E-state index in [1.807, 2.05) is 49.8 Å². The van der Waals surface area contributed by atoms with Crippen LogP contribution < -0.4 is 15.2 Å². The van der Waals surface area contributed by atoms with Gasteiger partial charge in [0.05, 0.1) is 31.7 Å². The molecule has 10 nitrogen and oxygen atoms in total. The minimum Gasteiger partial charge on any atom is -0.463 e. The number of nitrogens with zero attached hydrogens (tertiary/aromatic N) is 6. The largest absolute Gasteiger partial charge is 0.463 e. The molecule has 33 heavy (non-hydrogen) atoms. The van der Waals surface area contributed by atoms with Crippen molar-refractivity contribution in [3.05, 3.63) is 70.8 Å². The maximum absolute atomic E-state index is 12.8. The first-order valence-corrected chi connectivity index (χ1v) is 10.9. The molecule has 1 fully saturated rings. The van der Waals surface area contributed by atoms with Gasteiger partial charge in [-0.1, -0.05) is 30.3 Å². The third-order valence-corrected chi connectivity index (χ3v) is 5.43. The van der Waals surface area contributed by atoms with Crippen molar-refractivity contribution in [2.75, 3.05) is 37.8 Å². The zero-order valence-corrected chi connectivity index (χ0v) is 18.3. The molecule has 0 spiro atoms. The van der Waals surface area contributed by atoms with Crippen LogP contribution >= 0.6 is 0 Å². The van der Waals surface area contributed by atoms with Crippen LogP contribution in [0.1, 0.15) is 5.56 Å². The third kappa shape index (κ3) is 4.80. The van der Waals surface area contributed by atoms with E-state index < -0.39 is 0 Å². The lowest BCUT2D eigenvalue weighted by Gasteiger charge is -2.28. The standard InChI is InChI=1S/C23H25N7O3/c1-28-16-17(15-24-28)7-10-33-23-25-20(29-8-11-32-12-9-29)14-21(26-23)30-22(31)13-19(27-30)18-5-3-2-4-6-18/h2-6,13-16,27H,7-12H2,1H3. The van der Waals surface area contributed by atoms with Gasteiger partial charge in [0.1, 0.15) is 5.82 Å². The normalized spacial score (nSPS) is 13.9. The Morgan fingerprint density at radius 1 is 1.09 bits per heavy atom. The molecule has 0 amide bonds. The monoisotopic (exact) mass is 447 g/mol. The van der Waals surface area contributed by atoms with Gasteiger partial charge in [-0.15, -0.1) is 0 Å². The fourth-order valence-electron chi connectivity index (χ4n) is 3.73. The Balaban J connectivity index is 1.45. The number of H-pyrrole nitrogens is 1. The first kappa shape index (κ1) is 21.0. The third-order valence-electron chi connectivity index (χ3n) is 5.43. The predicted octanol–water partition coefficient (Wildman–Crippen LogP) is 1.81. The molecule has 1 N–H and O–H groups in total. The SMILES string of the molecule is Cn1cc(CCOc2nc(N3CCOCC3)cc(-n3[nH]c(-c4ccccc4)cc3=O)n2)cn1. The summed E-state index contributed by atoms with van der Waals surface area (Å²) < 4.78 is 14.5. The average molecular weight is 447 g/mol. The molecule has 1 aromatic carbocycles. The number of benzene rings is 1. The van der Waals surface area contributed by atoms with Crippen molar-refractivity contribution < 1.29 is 9.47 Å². The Bertz CT molecular complexity index is 1270. The molecule has 0 atom stereocenters. The molecule has 1 saturated heterocycles. The summed E-state index contributed by atoms with van der Waals surface area (Å²) in [5.74, 6) is 1.12. The summed E-state index contributed by atoms with van der Waals surface area (Å²) in [6.07, 6.45) is 4.43. The van der Waals surface area contributed by atoms with E-state index in [0.29, 0.717) is 56.7 Å². The Morgan fingerprint density at radius 3 is 2.64 bits per heavy atom. The van der Waals surface area contributed by atoms with Crippen molar-refractivity contribution in [3.8, 4) is 23.1 Å². The maximum atomic E-state index is 12.8. The van der Waals surface area contributed by atoms with Crippen LogP contribution in [-0.2, 0) is 18.2 Å². The number of ether oxygens (including phenoxy) is 2. The Hall–Kier alpha value is -3.92. The van der Waals surface area contributed by atoms with E-state index in [-0.39, 0.29) is 11.6 Å². The first-order chi connectivity index (χ1) is 16.2. The average Bonchev–Trinajstić information content (AvgIpc) is 3.45. The van der Waals surface area contributed by atoms with E-state index in [2.05, 4.69) is 25.1 Å². The molecule has 4 aromatic rings. The molecule has 3 aromatic heterocycles. The van der Waals surface area contributed by atoms with Gasteiger partial charge in [-0.2, -0.15) is 15.1 Å². The van der Waals surface area contributed by atoms with E-state index in [4.69, 9.17) is 9.47 Å². The van der Waals surface area contributed by atoms with Crippen LogP contribution in [0.5, 0.6) is 6.01 Å². The molecule has 0 saturated carbocycles. The minimum atomic E-state index is -0.207. The van der Waals surface area contributed by atoms with Gasteiger partial charge in [0, 0.05) is 44.9 Å². The van der Waals surface area contributed by atoms with Gasteiger partial charge in [-0.3, -0.25) is 14.6 Å². The number of anilines is 1. The lowest BCUT2D eigenvalue weighted by molar-refractivity contribution is 0.122. The van der Waals surface area contributed by atoms with Crippen LogP contribution in [0, 0.1) is 0 Å². The van der Waals surface area contributed by atoms with Gasteiger partial charge < -0.3 is 14.4 Å². The summed E-state index contributed by atoms with van der Waals surface area (Å²) >= 11 is 0. The van der Waals surface area contributed by atoms with Gasteiger partial charge in [-0.25, -0.2) is 4.68 Å². The molecule has 0 radical (unpaired) electrons. The highest BCUT2D eigenvalue weighted by Crippen LogP contribution is 2.21. The van der Waals surface area contributed by atoms with Crippen LogP contribution in [0.15, 0.2) is 59.7 Å². The predicted molar refractivity (Wildman–Crippen MR) is 123 cm³/mol. The van der Waals surface area contributed by atoms with E-state index in [9.17, 15) is 4.79 Å². The number of morpholine rings is 1. The summed E-state index contributed by atoms with van der Waals surface area (Å²) in [6.45, 7) is 3.06. The smallest absolute Gasteiger partial charge is 0.320 e. The molecule has 0 unspecified atom stereocenters. The van der Waals surface area contributed by atoms with Crippen molar-refractivity contribution in [2.24, 2.45) is 7.05 Å². The van der Waals surface area contributed by atoms with Gasteiger partial charge in [-0.05, 0) is 11.1 Å². The van der Waals surface area contributed by atoms with E-state index in [1.54, 1.807) is 16.8 Å². The summed E-state index contributed by atoms with van der Waals surface area (Å²) in [5.41, 5.74) is 2.49. The highest BCUT2D eigenvalue weighted by molar-refractivity contribution is 5.58.